The predicted octanol–water partition coefficient (Wildman–Crippen LogP) is 0.526. The number of benzene rings is 1. The first kappa shape index (κ1) is 17.0. The van der Waals surface area contributed by atoms with E-state index in [9.17, 15) is 14.4 Å². The lowest BCUT2D eigenvalue weighted by molar-refractivity contribution is 0.0950. The highest BCUT2D eigenvalue weighted by Crippen LogP contribution is 2.06. The third kappa shape index (κ3) is 3.90. The molecular formula is C18H17N3O3. The molecule has 1 aromatic heterocycles. The van der Waals surface area contributed by atoms with Crippen molar-refractivity contribution in [1.29, 1.82) is 0 Å². The first-order valence-corrected chi connectivity index (χ1v) is 7.28. The Morgan fingerprint density at radius 2 is 1.79 bits per heavy atom. The molecule has 0 saturated heterocycles. The van der Waals surface area contributed by atoms with Crippen molar-refractivity contribution in [3.05, 3.63) is 69.6 Å². The van der Waals surface area contributed by atoms with Crippen molar-refractivity contribution >= 4 is 11.8 Å². The number of nitrogens with one attached hydrogen (secondary N) is 2. The van der Waals surface area contributed by atoms with Crippen LogP contribution >= 0.6 is 0 Å². The van der Waals surface area contributed by atoms with Gasteiger partial charge in [-0.2, -0.15) is 0 Å². The molecule has 1 heterocycles. The molecule has 0 spiro atoms. The van der Waals surface area contributed by atoms with Crippen molar-refractivity contribution in [3.8, 4) is 11.8 Å². The molecular weight excluding hydrogens is 306 g/mol. The summed E-state index contributed by atoms with van der Waals surface area (Å²) in [5.41, 5.74) is 0.734. The third-order valence-electron chi connectivity index (χ3n) is 3.33. The Hall–Kier alpha value is -3.33. The quantitative estimate of drug-likeness (QED) is 0.809. The molecule has 1 aromatic carbocycles. The summed E-state index contributed by atoms with van der Waals surface area (Å²) >= 11 is 0. The summed E-state index contributed by atoms with van der Waals surface area (Å²) in [6, 6.07) is 10.0. The van der Waals surface area contributed by atoms with Gasteiger partial charge in [0.25, 0.3) is 17.4 Å². The van der Waals surface area contributed by atoms with Gasteiger partial charge in [-0.3, -0.25) is 14.4 Å². The molecule has 6 nitrogen and oxygen atoms in total. The normalized spacial score (nSPS) is 9.58. The minimum atomic E-state index is -0.481. The van der Waals surface area contributed by atoms with Crippen LogP contribution < -0.4 is 16.2 Å². The molecule has 0 atom stereocenters. The van der Waals surface area contributed by atoms with Crippen LogP contribution in [-0.2, 0) is 7.05 Å². The molecule has 122 valence electrons. The van der Waals surface area contributed by atoms with Gasteiger partial charge < -0.3 is 15.2 Å². The van der Waals surface area contributed by atoms with Crippen molar-refractivity contribution in [2.45, 2.75) is 0 Å². The summed E-state index contributed by atoms with van der Waals surface area (Å²) in [6.45, 7) is 0.0684. The van der Waals surface area contributed by atoms with Crippen molar-refractivity contribution < 1.29 is 9.59 Å². The van der Waals surface area contributed by atoms with Gasteiger partial charge in [0.05, 0.1) is 12.1 Å². The van der Waals surface area contributed by atoms with E-state index in [1.54, 1.807) is 50.6 Å². The first-order chi connectivity index (χ1) is 11.5. The number of aromatic nitrogens is 1. The monoisotopic (exact) mass is 323 g/mol. The maximum atomic E-state index is 12.0. The second-order valence-electron chi connectivity index (χ2n) is 4.95. The Morgan fingerprint density at radius 1 is 1.08 bits per heavy atom. The number of aryl methyl sites for hydroxylation is 1. The summed E-state index contributed by atoms with van der Waals surface area (Å²) < 4.78 is 1.33. The van der Waals surface area contributed by atoms with Gasteiger partial charge >= 0.3 is 0 Å². The molecule has 2 rings (SSSR count). The molecule has 0 unspecified atom stereocenters. The van der Waals surface area contributed by atoms with Gasteiger partial charge in [0.1, 0.15) is 5.56 Å². The fourth-order valence-corrected chi connectivity index (χ4v) is 2.05. The topological polar surface area (TPSA) is 80.2 Å². The van der Waals surface area contributed by atoms with Crippen LogP contribution in [0.2, 0.25) is 0 Å². The molecule has 0 radical (unpaired) electrons. The molecule has 6 heteroatoms. The highest BCUT2D eigenvalue weighted by Gasteiger charge is 2.09. The fourth-order valence-electron chi connectivity index (χ4n) is 2.05. The summed E-state index contributed by atoms with van der Waals surface area (Å²) in [5.74, 6) is 4.93. The van der Waals surface area contributed by atoms with E-state index >= 15 is 0 Å². The van der Waals surface area contributed by atoms with Crippen LogP contribution in [-0.4, -0.2) is 30.0 Å². The smallest absolute Gasteiger partial charge is 0.263 e. The van der Waals surface area contributed by atoms with Crippen LogP contribution in [0.4, 0.5) is 0 Å². The Morgan fingerprint density at radius 3 is 2.54 bits per heavy atom. The second kappa shape index (κ2) is 7.79. The van der Waals surface area contributed by atoms with E-state index in [1.165, 1.54) is 10.6 Å². The Bertz CT molecular complexity index is 888. The number of amides is 2. The van der Waals surface area contributed by atoms with Gasteiger partial charge in [0.2, 0.25) is 0 Å². The number of hydrogen-bond acceptors (Lipinski definition) is 3. The van der Waals surface area contributed by atoms with Gasteiger partial charge in [-0.15, -0.1) is 0 Å². The van der Waals surface area contributed by atoms with Crippen molar-refractivity contribution in [2.75, 3.05) is 13.6 Å². The average molecular weight is 323 g/mol. The molecule has 0 aliphatic heterocycles. The van der Waals surface area contributed by atoms with Crippen LogP contribution in [0, 0.1) is 11.8 Å². The SMILES string of the molecule is CNC(=O)c1ccccc1C#CCNC(=O)c1cccn(C)c1=O. The van der Waals surface area contributed by atoms with Crippen LogP contribution in [0.1, 0.15) is 26.3 Å². The highest BCUT2D eigenvalue weighted by molar-refractivity contribution is 5.96. The van der Waals surface area contributed by atoms with Gasteiger partial charge in [0.15, 0.2) is 0 Å². The molecule has 2 aromatic rings. The van der Waals surface area contributed by atoms with Gasteiger partial charge in [-0.05, 0) is 24.3 Å². The summed E-state index contributed by atoms with van der Waals surface area (Å²) in [5, 5.41) is 5.12. The Balaban J connectivity index is 2.07. The van der Waals surface area contributed by atoms with E-state index in [1.807, 2.05) is 0 Å². The van der Waals surface area contributed by atoms with E-state index < -0.39 is 5.91 Å². The van der Waals surface area contributed by atoms with E-state index in [-0.39, 0.29) is 23.6 Å². The zero-order valence-corrected chi connectivity index (χ0v) is 13.4. The molecule has 0 bridgehead atoms. The largest absolute Gasteiger partial charge is 0.355 e. The highest BCUT2D eigenvalue weighted by atomic mass is 16.2. The fraction of sp³-hybridized carbons (Fsp3) is 0.167. The molecule has 2 N–H and O–H groups in total. The molecule has 0 aliphatic rings. The molecule has 0 fully saturated rings. The van der Waals surface area contributed by atoms with E-state index in [4.69, 9.17) is 0 Å². The minimum absolute atomic E-state index is 0.0626. The van der Waals surface area contributed by atoms with E-state index in [2.05, 4.69) is 22.5 Å². The average Bonchev–Trinajstić information content (AvgIpc) is 2.60. The number of carbonyl (C=O) groups is 2. The first-order valence-electron chi connectivity index (χ1n) is 7.28. The van der Waals surface area contributed by atoms with Crippen LogP contribution in [0.25, 0.3) is 0 Å². The zero-order valence-electron chi connectivity index (χ0n) is 13.4. The molecule has 2 amide bonds. The van der Waals surface area contributed by atoms with Crippen molar-refractivity contribution in [1.82, 2.24) is 15.2 Å². The maximum absolute atomic E-state index is 12.0. The Labute approximate surface area is 139 Å². The summed E-state index contributed by atoms with van der Waals surface area (Å²) in [7, 11) is 3.13. The number of carbonyl (C=O) groups excluding carboxylic acids is 2. The lowest BCUT2D eigenvalue weighted by atomic mass is 10.1. The number of nitrogens with zero attached hydrogens (tertiary/aromatic N) is 1. The second-order valence-corrected chi connectivity index (χ2v) is 4.95. The predicted molar refractivity (Wildman–Crippen MR) is 90.7 cm³/mol. The maximum Gasteiger partial charge on any atom is 0.263 e. The third-order valence-corrected chi connectivity index (χ3v) is 3.33. The summed E-state index contributed by atoms with van der Waals surface area (Å²) in [6.07, 6.45) is 1.58. The van der Waals surface area contributed by atoms with Gasteiger partial charge in [-0.25, -0.2) is 0 Å². The van der Waals surface area contributed by atoms with Crippen LogP contribution in [0.5, 0.6) is 0 Å². The lowest BCUT2D eigenvalue weighted by Crippen LogP contribution is -2.32. The number of pyridine rings is 1. The van der Waals surface area contributed by atoms with Crippen molar-refractivity contribution in [3.63, 3.8) is 0 Å². The van der Waals surface area contributed by atoms with Crippen LogP contribution in [0.3, 0.4) is 0 Å². The van der Waals surface area contributed by atoms with E-state index in [0.717, 1.165) is 0 Å². The zero-order chi connectivity index (χ0) is 17.5. The lowest BCUT2D eigenvalue weighted by Gasteiger charge is -2.03. The number of hydrogen-bond donors (Lipinski definition) is 2. The summed E-state index contributed by atoms with van der Waals surface area (Å²) in [4.78, 5) is 35.6. The Kier molecular flexibility index (Phi) is 5.53. The molecule has 24 heavy (non-hydrogen) atoms. The molecule has 0 aliphatic carbocycles. The standard InChI is InChI=1S/C18H17N3O3/c1-19-16(22)14-9-4-3-7-13(14)8-5-11-20-17(23)15-10-6-12-21(2)18(15)24/h3-4,6-7,9-10,12H,11H2,1-2H3,(H,19,22)(H,20,23). The minimum Gasteiger partial charge on any atom is -0.355 e. The van der Waals surface area contributed by atoms with Crippen molar-refractivity contribution in [2.24, 2.45) is 7.05 Å². The van der Waals surface area contributed by atoms with Crippen LogP contribution in [0.15, 0.2) is 47.4 Å². The van der Waals surface area contributed by atoms with Gasteiger partial charge in [-0.1, -0.05) is 24.0 Å². The number of rotatable bonds is 3. The van der Waals surface area contributed by atoms with E-state index in [0.29, 0.717) is 11.1 Å². The van der Waals surface area contributed by atoms with Gasteiger partial charge in [0, 0.05) is 25.9 Å². The molecule has 0 saturated carbocycles.